The molecule has 0 aliphatic carbocycles. The molecule has 4 aromatic carbocycles. The number of aliphatic hydroxyl groups is 1. The number of aromatic hydroxyl groups is 2. The number of nitrogens with one attached hydrogen (secondary N) is 1. The Bertz CT molecular complexity index is 1800. The van der Waals surface area contributed by atoms with Gasteiger partial charge in [0.1, 0.15) is 11.5 Å². The van der Waals surface area contributed by atoms with E-state index in [9.17, 15) is 20.1 Å². The van der Waals surface area contributed by atoms with Gasteiger partial charge in [-0.2, -0.15) is 0 Å². The molecule has 1 heterocycles. The summed E-state index contributed by atoms with van der Waals surface area (Å²) < 4.78 is 0. The Balaban J connectivity index is 0.00000188. The smallest absolute Gasteiger partial charge is 0.258 e. The predicted molar refractivity (Wildman–Crippen MR) is 209 cm³/mol. The number of fused-ring (bicyclic) bond motifs is 1. The minimum absolute atomic E-state index is 0.0697. The summed E-state index contributed by atoms with van der Waals surface area (Å²) in [7, 11) is 0. The summed E-state index contributed by atoms with van der Waals surface area (Å²) in [4.78, 5) is 17.0. The standard InChI is InChI=1S/C41H45N3O4.C3H8/c1-27-15-18-35(39(46)23-27)30(4)42-38(25-32-11-7-6-8-12-32)40(47)26-43(21-20-33-16-17-34(45)24-28(33)2)29(3)19-22-44-31(5)36-13-9-10-14-37(36)41(44)48;1-3-2/h6-18,23-24,38,40,42,45-47H,3-5,19-22,25-26H2,1-2H3;3H2,1-2H3/t38-,40?;/m0./s1. The highest BCUT2D eigenvalue weighted by atomic mass is 16.3. The molecule has 0 fully saturated rings. The van der Waals surface area contributed by atoms with Gasteiger partial charge in [0.05, 0.1) is 12.1 Å². The summed E-state index contributed by atoms with van der Waals surface area (Å²) in [6, 6.07) is 27.8. The van der Waals surface area contributed by atoms with Gasteiger partial charge in [-0.05, 0) is 79.3 Å². The van der Waals surface area contributed by atoms with Gasteiger partial charge in [0.15, 0.2) is 0 Å². The van der Waals surface area contributed by atoms with Crippen molar-refractivity contribution in [3.8, 4) is 11.5 Å². The number of phenols is 2. The molecule has 0 bridgehead atoms. The highest BCUT2D eigenvalue weighted by molar-refractivity contribution is 6.08. The van der Waals surface area contributed by atoms with Crippen LogP contribution in [0.15, 0.2) is 116 Å². The third-order valence-corrected chi connectivity index (χ3v) is 9.10. The molecule has 1 aliphatic rings. The number of rotatable bonds is 15. The number of hydrogen-bond acceptors (Lipinski definition) is 6. The molecular weight excluding hydrogens is 635 g/mol. The van der Waals surface area contributed by atoms with Crippen molar-refractivity contribution < 1.29 is 20.1 Å². The van der Waals surface area contributed by atoms with Crippen LogP contribution in [0, 0.1) is 13.8 Å². The van der Waals surface area contributed by atoms with Gasteiger partial charge in [-0.3, -0.25) is 4.79 Å². The molecule has 7 nitrogen and oxygen atoms in total. The van der Waals surface area contributed by atoms with E-state index < -0.39 is 12.1 Å². The Kier molecular flexibility index (Phi) is 13.7. The van der Waals surface area contributed by atoms with E-state index in [1.54, 1.807) is 23.1 Å². The number of carbonyl (C=O) groups excluding carboxylic acids is 1. The van der Waals surface area contributed by atoms with Gasteiger partial charge in [-0.1, -0.05) is 101 Å². The maximum Gasteiger partial charge on any atom is 0.258 e. The van der Waals surface area contributed by atoms with E-state index in [1.165, 1.54) is 6.42 Å². The second-order valence-electron chi connectivity index (χ2n) is 13.3. The molecule has 7 heteroatoms. The molecule has 2 atom stereocenters. The maximum atomic E-state index is 13.2. The number of hydrogen-bond donors (Lipinski definition) is 4. The van der Waals surface area contributed by atoms with Crippen molar-refractivity contribution in [3.63, 3.8) is 0 Å². The molecule has 1 aliphatic heterocycles. The van der Waals surface area contributed by atoms with Crippen molar-refractivity contribution in [1.82, 2.24) is 15.1 Å². The van der Waals surface area contributed by atoms with Crippen LogP contribution < -0.4 is 5.32 Å². The lowest BCUT2D eigenvalue weighted by atomic mass is 9.98. The van der Waals surface area contributed by atoms with Crippen molar-refractivity contribution >= 4 is 17.3 Å². The van der Waals surface area contributed by atoms with Crippen LogP contribution in [0.4, 0.5) is 0 Å². The topological polar surface area (TPSA) is 96.3 Å². The van der Waals surface area contributed by atoms with Gasteiger partial charge < -0.3 is 30.4 Å². The highest BCUT2D eigenvalue weighted by Gasteiger charge is 2.31. The number of aryl methyl sites for hydroxylation is 2. The fraction of sp³-hybridized carbons (Fsp3) is 0.295. The van der Waals surface area contributed by atoms with Crippen molar-refractivity contribution in [1.29, 1.82) is 0 Å². The molecule has 0 saturated heterocycles. The Hall–Kier alpha value is -5.27. The van der Waals surface area contributed by atoms with E-state index in [0.29, 0.717) is 54.9 Å². The average molecular weight is 688 g/mol. The number of amides is 1. The fourth-order valence-corrected chi connectivity index (χ4v) is 6.27. The number of aliphatic hydroxyl groups excluding tert-OH is 1. The zero-order valence-corrected chi connectivity index (χ0v) is 30.5. The largest absolute Gasteiger partial charge is 0.508 e. The van der Waals surface area contributed by atoms with Gasteiger partial charge in [0.25, 0.3) is 5.91 Å². The SMILES string of the molecule is C=C(N[C@@H](Cc1ccccc1)C(O)CN(CCc1ccc(O)cc1C)C(=C)CCN1C(=C)c2ccccc2C1=O)c1ccc(C)cc1O.CCC. The van der Waals surface area contributed by atoms with Crippen LogP contribution in [0.2, 0.25) is 0 Å². The second-order valence-corrected chi connectivity index (χ2v) is 13.3. The maximum absolute atomic E-state index is 13.2. The van der Waals surface area contributed by atoms with Gasteiger partial charge >= 0.3 is 0 Å². The van der Waals surface area contributed by atoms with Gasteiger partial charge in [-0.25, -0.2) is 0 Å². The number of nitrogens with zero attached hydrogens (tertiary/aromatic N) is 2. The first-order valence-corrected chi connectivity index (χ1v) is 17.7. The molecule has 4 aromatic rings. The molecular formula is C44H53N3O4. The molecule has 1 amide bonds. The number of phenolic OH excluding ortho intramolecular Hbond substituents is 2. The summed E-state index contributed by atoms with van der Waals surface area (Å²) >= 11 is 0. The van der Waals surface area contributed by atoms with E-state index in [2.05, 4.69) is 43.8 Å². The Morgan fingerprint density at radius 1 is 0.902 bits per heavy atom. The third kappa shape index (κ3) is 10.1. The van der Waals surface area contributed by atoms with Gasteiger partial charge in [-0.15, -0.1) is 0 Å². The summed E-state index contributed by atoms with van der Waals surface area (Å²) in [6.07, 6.45) is 2.06. The summed E-state index contributed by atoms with van der Waals surface area (Å²) in [5, 5.41) is 35.9. The third-order valence-electron chi connectivity index (χ3n) is 9.10. The molecule has 1 unspecified atom stereocenters. The highest BCUT2D eigenvalue weighted by Crippen LogP contribution is 2.32. The lowest BCUT2D eigenvalue weighted by molar-refractivity contribution is 0.0838. The molecule has 5 rings (SSSR count). The minimum atomic E-state index is -0.861. The first kappa shape index (κ1) is 38.5. The molecule has 0 aromatic heterocycles. The van der Waals surface area contributed by atoms with Crippen LogP contribution in [0.5, 0.6) is 11.5 Å². The zero-order chi connectivity index (χ0) is 37.1. The Morgan fingerprint density at radius 2 is 1.57 bits per heavy atom. The monoisotopic (exact) mass is 687 g/mol. The minimum Gasteiger partial charge on any atom is -0.508 e. The average Bonchev–Trinajstić information content (AvgIpc) is 3.34. The summed E-state index contributed by atoms with van der Waals surface area (Å²) in [5.41, 5.74) is 8.11. The van der Waals surface area contributed by atoms with E-state index in [4.69, 9.17) is 0 Å². The lowest BCUT2D eigenvalue weighted by Gasteiger charge is -2.34. The van der Waals surface area contributed by atoms with Crippen LogP contribution >= 0.6 is 0 Å². The normalized spacial score (nSPS) is 13.2. The van der Waals surface area contributed by atoms with Crippen molar-refractivity contribution in [2.45, 2.75) is 65.5 Å². The molecule has 0 saturated carbocycles. The molecule has 4 N–H and O–H groups in total. The van der Waals surface area contributed by atoms with Gasteiger partial charge in [0.2, 0.25) is 0 Å². The van der Waals surface area contributed by atoms with E-state index >= 15 is 0 Å². The van der Waals surface area contributed by atoms with Crippen molar-refractivity contribution in [2.75, 3.05) is 19.6 Å². The summed E-state index contributed by atoms with van der Waals surface area (Å²) in [6.45, 7) is 22.2. The molecule has 51 heavy (non-hydrogen) atoms. The van der Waals surface area contributed by atoms with E-state index in [-0.39, 0.29) is 24.0 Å². The molecule has 0 spiro atoms. The molecule has 268 valence electrons. The van der Waals surface area contributed by atoms with Crippen LogP contribution in [0.1, 0.15) is 70.4 Å². The van der Waals surface area contributed by atoms with Crippen LogP contribution in [-0.4, -0.2) is 62.8 Å². The first-order chi connectivity index (χ1) is 24.4. The lowest BCUT2D eigenvalue weighted by Crippen LogP contribution is -2.47. The second kappa shape index (κ2) is 18.1. The molecule has 0 radical (unpaired) electrons. The fourth-order valence-electron chi connectivity index (χ4n) is 6.27. The van der Waals surface area contributed by atoms with Crippen molar-refractivity contribution in [2.24, 2.45) is 0 Å². The Labute approximate surface area is 303 Å². The van der Waals surface area contributed by atoms with Crippen LogP contribution in [0.25, 0.3) is 11.4 Å². The van der Waals surface area contributed by atoms with Gasteiger partial charge in [0, 0.05) is 59.8 Å². The van der Waals surface area contributed by atoms with Crippen LogP contribution in [0.3, 0.4) is 0 Å². The number of benzene rings is 4. The van der Waals surface area contributed by atoms with Crippen LogP contribution in [-0.2, 0) is 12.8 Å². The van der Waals surface area contributed by atoms with E-state index in [0.717, 1.165) is 33.5 Å². The first-order valence-electron chi connectivity index (χ1n) is 17.7. The zero-order valence-electron chi connectivity index (χ0n) is 30.5. The van der Waals surface area contributed by atoms with E-state index in [1.807, 2.05) is 86.6 Å². The quantitative estimate of drug-likeness (QED) is 0.101. The summed E-state index contributed by atoms with van der Waals surface area (Å²) in [5.74, 6) is 0.277. The van der Waals surface area contributed by atoms with Crippen molar-refractivity contribution in [3.05, 3.63) is 155 Å². The predicted octanol–water partition coefficient (Wildman–Crippen LogP) is 8.24. The number of carbonyl (C=O) groups is 1. The Morgan fingerprint density at radius 3 is 2.22 bits per heavy atom.